The smallest absolute Gasteiger partial charge is 0.417 e. The van der Waals surface area contributed by atoms with Crippen molar-refractivity contribution in [1.82, 2.24) is 0 Å². The number of halogens is 6. The van der Waals surface area contributed by atoms with Crippen molar-refractivity contribution in [3.8, 4) is 0 Å². The molecule has 1 aromatic carbocycles. The maximum absolute atomic E-state index is 12.5. The van der Waals surface area contributed by atoms with Gasteiger partial charge in [-0.1, -0.05) is 6.07 Å². The molecular formula is C10H6F6O2. The van der Waals surface area contributed by atoms with Crippen molar-refractivity contribution in [2.45, 2.75) is 19.0 Å². The van der Waals surface area contributed by atoms with Crippen LogP contribution in [0.15, 0.2) is 18.2 Å². The van der Waals surface area contributed by atoms with Crippen LogP contribution in [0.25, 0.3) is 0 Å². The van der Waals surface area contributed by atoms with Gasteiger partial charge < -0.3 is 4.74 Å². The number of ether oxygens (including phenoxy) is 1. The van der Waals surface area contributed by atoms with Gasteiger partial charge >= 0.3 is 12.4 Å². The summed E-state index contributed by atoms with van der Waals surface area (Å²) in [5.74, 6) is 0. The summed E-state index contributed by atoms with van der Waals surface area (Å²) in [7, 11) is 0. The second kappa shape index (κ2) is 4.87. The second-order valence-corrected chi connectivity index (χ2v) is 3.28. The van der Waals surface area contributed by atoms with Gasteiger partial charge in [0.05, 0.1) is 11.1 Å². The van der Waals surface area contributed by atoms with Gasteiger partial charge in [-0.15, -0.1) is 0 Å². The highest BCUT2D eigenvalue weighted by Gasteiger charge is 2.42. The second-order valence-electron chi connectivity index (χ2n) is 3.28. The standard InChI is InChI=1S/C10H6F6O2/c11-9(12,13)7-2-1-6(4-18-5-17)3-8(7)10(14,15)16/h1-3,5H,4H2. The number of benzene rings is 1. The van der Waals surface area contributed by atoms with Crippen molar-refractivity contribution in [1.29, 1.82) is 0 Å². The van der Waals surface area contributed by atoms with Gasteiger partial charge in [-0.25, -0.2) is 0 Å². The fourth-order valence-corrected chi connectivity index (χ4v) is 1.29. The van der Waals surface area contributed by atoms with Crippen LogP contribution in [0.5, 0.6) is 0 Å². The van der Waals surface area contributed by atoms with E-state index in [-0.39, 0.29) is 12.0 Å². The van der Waals surface area contributed by atoms with Gasteiger partial charge in [0.2, 0.25) is 0 Å². The Bertz CT molecular complexity index is 435. The summed E-state index contributed by atoms with van der Waals surface area (Å²) >= 11 is 0. The van der Waals surface area contributed by atoms with Crippen molar-refractivity contribution in [3.05, 3.63) is 34.9 Å². The molecule has 0 unspecified atom stereocenters. The molecule has 0 aliphatic carbocycles. The highest BCUT2D eigenvalue weighted by molar-refractivity contribution is 5.39. The topological polar surface area (TPSA) is 26.3 Å². The first-order valence-electron chi connectivity index (χ1n) is 4.49. The van der Waals surface area contributed by atoms with Crippen LogP contribution >= 0.6 is 0 Å². The summed E-state index contributed by atoms with van der Waals surface area (Å²) < 4.78 is 78.7. The van der Waals surface area contributed by atoms with Gasteiger partial charge in [-0.05, 0) is 17.7 Å². The molecule has 100 valence electrons. The molecule has 0 radical (unpaired) electrons. The van der Waals surface area contributed by atoms with E-state index in [2.05, 4.69) is 4.74 Å². The first-order chi connectivity index (χ1) is 8.16. The van der Waals surface area contributed by atoms with Crippen LogP contribution in [0.4, 0.5) is 26.3 Å². The molecule has 0 fully saturated rings. The molecule has 8 heteroatoms. The fourth-order valence-electron chi connectivity index (χ4n) is 1.29. The van der Waals surface area contributed by atoms with E-state index in [0.29, 0.717) is 12.1 Å². The van der Waals surface area contributed by atoms with Crippen molar-refractivity contribution in [2.24, 2.45) is 0 Å². The van der Waals surface area contributed by atoms with Gasteiger partial charge in [0, 0.05) is 0 Å². The molecule has 0 saturated heterocycles. The quantitative estimate of drug-likeness (QED) is 0.622. The summed E-state index contributed by atoms with van der Waals surface area (Å²) in [4.78, 5) is 9.86. The largest absolute Gasteiger partial charge is 0.463 e. The Hall–Kier alpha value is -1.73. The van der Waals surface area contributed by atoms with Crippen LogP contribution in [0, 0.1) is 0 Å². The van der Waals surface area contributed by atoms with E-state index in [1.807, 2.05) is 0 Å². The van der Waals surface area contributed by atoms with Crippen LogP contribution < -0.4 is 0 Å². The van der Waals surface area contributed by atoms with Gasteiger partial charge in [-0.3, -0.25) is 4.79 Å². The Labute approximate surface area is 97.2 Å². The van der Waals surface area contributed by atoms with Gasteiger partial charge in [-0.2, -0.15) is 26.3 Å². The van der Waals surface area contributed by atoms with Crippen LogP contribution in [-0.4, -0.2) is 6.47 Å². The van der Waals surface area contributed by atoms with Crippen molar-refractivity contribution in [3.63, 3.8) is 0 Å². The van der Waals surface area contributed by atoms with E-state index in [0.717, 1.165) is 6.07 Å². The molecule has 1 aromatic rings. The first-order valence-corrected chi connectivity index (χ1v) is 4.49. The molecule has 0 heterocycles. The molecule has 0 amide bonds. The molecule has 0 aliphatic rings. The highest BCUT2D eigenvalue weighted by Crippen LogP contribution is 2.40. The molecule has 0 bridgehead atoms. The molecular weight excluding hydrogens is 266 g/mol. The predicted octanol–water partition coefficient (Wildman–Crippen LogP) is 3.40. The fraction of sp³-hybridized carbons (Fsp3) is 0.300. The number of carbonyl (C=O) groups is 1. The molecule has 0 atom stereocenters. The summed E-state index contributed by atoms with van der Waals surface area (Å²) in [5, 5.41) is 0. The molecule has 0 saturated carbocycles. The van der Waals surface area contributed by atoms with E-state index < -0.39 is 30.1 Å². The lowest BCUT2D eigenvalue weighted by atomic mass is 10.0. The highest BCUT2D eigenvalue weighted by atomic mass is 19.4. The zero-order valence-electron chi connectivity index (χ0n) is 8.60. The Morgan fingerprint density at radius 1 is 1.00 bits per heavy atom. The summed E-state index contributed by atoms with van der Waals surface area (Å²) in [5.41, 5.74) is -3.76. The third-order valence-electron chi connectivity index (χ3n) is 2.01. The van der Waals surface area contributed by atoms with E-state index in [4.69, 9.17) is 0 Å². The molecule has 0 aromatic heterocycles. The molecule has 0 spiro atoms. The third kappa shape index (κ3) is 3.38. The molecule has 0 aliphatic heterocycles. The Balaban J connectivity index is 3.26. The average molecular weight is 272 g/mol. The minimum Gasteiger partial charge on any atom is -0.463 e. The molecule has 2 nitrogen and oxygen atoms in total. The van der Waals surface area contributed by atoms with E-state index in [1.165, 1.54) is 0 Å². The zero-order chi connectivity index (χ0) is 14.0. The number of hydrogen-bond donors (Lipinski definition) is 0. The van der Waals surface area contributed by atoms with Crippen molar-refractivity contribution < 1.29 is 35.9 Å². The van der Waals surface area contributed by atoms with Crippen molar-refractivity contribution >= 4 is 6.47 Å². The Morgan fingerprint density at radius 3 is 2.00 bits per heavy atom. The van der Waals surface area contributed by atoms with E-state index in [9.17, 15) is 31.1 Å². The maximum Gasteiger partial charge on any atom is 0.417 e. The average Bonchev–Trinajstić information content (AvgIpc) is 2.23. The first kappa shape index (κ1) is 14.3. The minimum atomic E-state index is -5.14. The van der Waals surface area contributed by atoms with Gasteiger partial charge in [0.1, 0.15) is 6.61 Å². The van der Waals surface area contributed by atoms with Crippen LogP contribution in [0.3, 0.4) is 0 Å². The lowest BCUT2D eigenvalue weighted by Gasteiger charge is -2.16. The predicted molar refractivity (Wildman–Crippen MR) is 47.3 cm³/mol. The lowest BCUT2D eigenvalue weighted by Crippen LogP contribution is -2.17. The number of carbonyl (C=O) groups excluding carboxylic acids is 1. The van der Waals surface area contributed by atoms with E-state index >= 15 is 0 Å². The minimum absolute atomic E-state index is 0.00900. The monoisotopic (exact) mass is 272 g/mol. The zero-order valence-corrected chi connectivity index (χ0v) is 8.60. The summed E-state index contributed by atoms with van der Waals surface area (Å²) in [6.07, 6.45) is -10.2. The molecule has 1 rings (SSSR count). The normalized spacial score (nSPS) is 12.3. The SMILES string of the molecule is O=COCc1ccc(C(F)(F)F)c(C(F)(F)F)c1. The molecule has 18 heavy (non-hydrogen) atoms. The van der Waals surface area contributed by atoms with Gasteiger partial charge in [0.25, 0.3) is 6.47 Å². The number of alkyl halides is 6. The third-order valence-corrected chi connectivity index (χ3v) is 2.01. The summed E-state index contributed by atoms with van der Waals surface area (Å²) in [6.45, 7) is -0.532. The van der Waals surface area contributed by atoms with Crippen LogP contribution in [0.1, 0.15) is 16.7 Å². The van der Waals surface area contributed by atoms with Crippen molar-refractivity contribution in [2.75, 3.05) is 0 Å². The summed E-state index contributed by atoms with van der Waals surface area (Å²) in [6, 6.07) is 1.44. The van der Waals surface area contributed by atoms with Gasteiger partial charge in [0.15, 0.2) is 0 Å². The Morgan fingerprint density at radius 2 is 1.56 bits per heavy atom. The molecule has 0 N–H and O–H groups in total. The number of rotatable bonds is 3. The van der Waals surface area contributed by atoms with E-state index in [1.54, 1.807) is 0 Å². The lowest BCUT2D eigenvalue weighted by molar-refractivity contribution is -0.162. The van der Waals surface area contributed by atoms with Crippen LogP contribution in [-0.2, 0) is 28.5 Å². The van der Waals surface area contributed by atoms with Crippen LogP contribution in [0.2, 0.25) is 0 Å². The Kier molecular flexibility index (Phi) is 3.88. The number of hydrogen-bond acceptors (Lipinski definition) is 2. The maximum atomic E-state index is 12.5.